The van der Waals surface area contributed by atoms with E-state index in [4.69, 9.17) is 5.73 Å². The van der Waals surface area contributed by atoms with Crippen LogP contribution in [0.25, 0.3) is 0 Å². The molecule has 0 aromatic heterocycles. The Balaban J connectivity index is 2.83. The molecule has 1 aromatic rings. The molecule has 0 spiro atoms. The molecule has 2 N–H and O–H groups in total. The zero-order valence-corrected chi connectivity index (χ0v) is 12.2. The zero-order chi connectivity index (χ0) is 14.6. The molecule has 4 heteroatoms. The Morgan fingerprint density at radius 3 is 2.21 bits per heavy atom. The van der Waals surface area contributed by atoms with Crippen LogP contribution in [0.3, 0.4) is 0 Å². The number of hydrogen-bond donors (Lipinski definition) is 1. The van der Waals surface area contributed by atoms with E-state index in [0.29, 0.717) is 6.42 Å². The van der Waals surface area contributed by atoms with Gasteiger partial charge in [0.1, 0.15) is 0 Å². The van der Waals surface area contributed by atoms with Gasteiger partial charge in [0.05, 0.1) is 0 Å². The number of benzene rings is 1. The molecule has 1 aromatic carbocycles. The van der Waals surface area contributed by atoms with Crippen molar-refractivity contribution in [2.24, 2.45) is 5.73 Å². The van der Waals surface area contributed by atoms with Gasteiger partial charge in [-0.3, -0.25) is 4.90 Å². The van der Waals surface area contributed by atoms with Crippen molar-refractivity contribution >= 4 is 0 Å². The molecule has 0 bridgehead atoms. The molecule has 108 valence electrons. The third-order valence-electron chi connectivity index (χ3n) is 3.93. The summed E-state index contributed by atoms with van der Waals surface area (Å²) >= 11 is 0. The fourth-order valence-electron chi connectivity index (χ4n) is 2.44. The first-order valence-corrected chi connectivity index (χ1v) is 6.77. The van der Waals surface area contributed by atoms with E-state index >= 15 is 0 Å². The van der Waals surface area contributed by atoms with Crippen LogP contribution < -0.4 is 5.73 Å². The second kappa shape index (κ2) is 6.44. The summed E-state index contributed by atoms with van der Waals surface area (Å²) in [5.74, 6) is -1.63. The second-order valence-corrected chi connectivity index (χ2v) is 5.39. The molecule has 0 heterocycles. The Labute approximate surface area is 114 Å². The van der Waals surface area contributed by atoms with Crippen LogP contribution in [0.2, 0.25) is 0 Å². The molecule has 1 rings (SSSR count). The molecule has 1 unspecified atom stereocenters. The summed E-state index contributed by atoms with van der Waals surface area (Å²) in [6.45, 7) is 10.2. The molecule has 1 atom stereocenters. The molecular weight excluding hydrogens is 246 g/mol. The monoisotopic (exact) mass is 270 g/mol. The summed E-state index contributed by atoms with van der Waals surface area (Å²) in [6.07, 6.45) is 0.528. The number of halogens is 2. The van der Waals surface area contributed by atoms with Crippen molar-refractivity contribution in [3.05, 3.63) is 35.4 Å². The van der Waals surface area contributed by atoms with Gasteiger partial charge in [0.2, 0.25) is 0 Å². The average molecular weight is 270 g/mol. The van der Waals surface area contributed by atoms with Gasteiger partial charge in [-0.25, -0.2) is 8.78 Å². The third-order valence-corrected chi connectivity index (χ3v) is 3.93. The van der Waals surface area contributed by atoms with Gasteiger partial charge in [0.25, 0.3) is 0 Å². The molecule has 0 saturated carbocycles. The summed E-state index contributed by atoms with van der Waals surface area (Å²) in [5, 5.41) is 0. The maximum absolute atomic E-state index is 13.2. The Morgan fingerprint density at radius 1 is 1.16 bits per heavy atom. The minimum atomic E-state index is -0.819. The highest BCUT2D eigenvalue weighted by atomic mass is 19.2. The highest BCUT2D eigenvalue weighted by Gasteiger charge is 2.31. The Hall–Kier alpha value is -1.00. The van der Waals surface area contributed by atoms with E-state index in [1.54, 1.807) is 6.07 Å². The van der Waals surface area contributed by atoms with Gasteiger partial charge in [0, 0.05) is 11.6 Å². The lowest BCUT2D eigenvalue weighted by Crippen LogP contribution is -2.56. The normalized spacial score (nSPS) is 13.9. The van der Waals surface area contributed by atoms with Crippen LogP contribution in [-0.4, -0.2) is 29.6 Å². The molecule has 2 nitrogen and oxygen atoms in total. The standard InChI is InChI=1S/C15H24F2N2/c1-5-19(6-2)15(3,4)14(18)10-11-7-8-12(16)13(17)9-11/h7-9,14H,5-6,10,18H2,1-4H3. The molecule has 0 aliphatic carbocycles. The van der Waals surface area contributed by atoms with Gasteiger partial charge >= 0.3 is 0 Å². The molecule has 0 aliphatic heterocycles. The van der Waals surface area contributed by atoms with Crippen LogP contribution in [-0.2, 0) is 6.42 Å². The number of nitrogens with two attached hydrogens (primary N) is 1. The summed E-state index contributed by atoms with van der Waals surface area (Å²) in [7, 11) is 0. The van der Waals surface area contributed by atoms with E-state index in [1.165, 1.54) is 6.07 Å². The summed E-state index contributed by atoms with van der Waals surface area (Å²) in [6, 6.07) is 3.84. The van der Waals surface area contributed by atoms with Crippen molar-refractivity contribution in [3.63, 3.8) is 0 Å². The van der Waals surface area contributed by atoms with Crippen molar-refractivity contribution in [2.45, 2.75) is 45.7 Å². The van der Waals surface area contributed by atoms with Gasteiger partial charge < -0.3 is 5.73 Å². The third kappa shape index (κ3) is 3.74. The van der Waals surface area contributed by atoms with E-state index in [9.17, 15) is 8.78 Å². The molecule has 0 saturated heterocycles. The van der Waals surface area contributed by atoms with E-state index in [2.05, 4.69) is 32.6 Å². The summed E-state index contributed by atoms with van der Waals surface area (Å²) in [4.78, 5) is 2.28. The maximum Gasteiger partial charge on any atom is 0.159 e. The fraction of sp³-hybridized carbons (Fsp3) is 0.600. The highest BCUT2D eigenvalue weighted by Crippen LogP contribution is 2.21. The largest absolute Gasteiger partial charge is 0.326 e. The molecule has 19 heavy (non-hydrogen) atoms. The van der Waals surface area contributed by atoms with Gasteiger partial charge in [-0.05, 0) is 51.1 Å². The lowest BCUT2D eigenvalue weighted by molar-refractivity contribution is 0.106. The Morgan fingerprint density at radius 2 is 1.74 bits per heavy atom. The van der Waals surface area contributed by atoms with Gasteiger partial charge in [0.15, 0.2) is 11.6 Å². The first-order valence-electron chi connectivity index (χ1n) is 6.77. The predicted octanol–water partition coefficient (Wildman–Crippen LogP) is 2.96. The lowest BCUT2D eigenvalue weighted by Gasteiger charge is -2.42. The van der Waals surface area contributed by atoms with Crippen LogP contribution in [0.5, 0.6) is 0 Å². The number of hydrogen-bond acceptors (Lipinski definition) is 2. The summed E-state index contributed by atoms with van der Waals surface area (Å²) < 4.78 is 26.1. The Bertz CT molecular complexity index is 415. The molecule has 0 amide bonds. The molecule has 0 fully saturated rings. The Kier molecular flexibility index (Phi) is 5.44. The maximum atomic E-state index is 13.2. The quantitative estimate of drug-likeness (QED) is 0.861. The number of likely N-dealkylation sites (N-methyl/N-ethyl adjacent to an activating group) is 1. The van der Waals surface area contributed by atoms with Crippen molar-refractivity contribution in [3.8, 4) is 0 Å². The van der Waals surface area contributed by atoms with Crippen LogP contribution in [0.4, 0.5) is 8.78 Å². The first-order chi connectivity index (χ1) is 8.82. The van der Waals surface area contributed by atoms with E-state index in [0.717, 1.165) is 24.7 Å². The van der Waals surface area contributed by atoms with Gasteiger partial charge in [-0.1, -0.05) is 19.9 Å². The minimum absolute atomic E-state index is 0.141. The number of rotatable bonds is 6. The molecular formula is C15H24F2N2. The van der Waals surface area contributed by atoms with Gasteiger partial charge in [-0.15, -0.1) is 0 Å². The smallest absolute Gasteiger partial charge is 0.159 e. The molecule has 0 aliphatic rings. The SMILES string of the molecule is CCN(CC)C(C)(C)C(N)Cc1ccc(F)c(F)c1. The first kappa shape index (κ1) is 16.1. The second-order valence-electron chi connectivity index (χ2n) is 5.39. The van der Waals surface area contributed by atoms with Gasteiger partial charge in [-0.2, -0.15) is 0 Å². The lowest BCUT2D eigenvalue weighted by atomic mass is 9.88. The molecule has 0 radical (unpaired) electrons. The van der Waals surface area contributed by atoms with Crippen molar-refractivity contribution in [2.75, 3.05) is 13.1 Å². The summed E-state index contributed by atoms with van der Waals surface area (Å²) in [5.41, 5.74) is 6.81. The van der Waals surface area contributed by atoms with Crippen LogP contribution >= 0.6 is 0 Å². The van der Waals surface area contributed by atoms with Crippen LogP contribution in [0.1, 0.15) is 33.3 Å². The number of nitrogens with zero attached hydrogens (tertiary/aromatic N) is 1. The average Bonchev–Trinajstić information content (AvgIpc) is 2.35. The van der Waals surface area contributed by atoms with Crippen molar-refractivity contribution in [1.29, 1.82) is 0 Å². The van der Waals surface area contributed by atoms with Crippen molar-refractivity contribution < 1.29 is 8.78 Å². The van der Waals surface area contributed by atoms with E-state index < -0.39 is 11.6 Å². The fourth-order valence-corrected chi connectivity index (χ4v) is 2.44. The zero-order valence-electron chi connectivity index (χ0n) is 12.2. The van der Waals surface area contributed by atoms with Crippen LogP contribution in [0, 0.1) is 11.6 Å². The minimum Gasteiger partial charge on any atom is -0.326 e. The topological polar surface area (TPSA) is 29.3 Å². The highest BCUT2D eigenvalue weighted by molar-refractivity contribution is 5.19. The van der Waals surface area contributed by atoms with Crippen molar-refractivity contribution in [1.82, 2.24) is 4.90 Å². The predicted molar refractivity (Wildman–Crippen MR) is 75.0 cm³/mol. The van der Waals surface area contributed by atoms with E-state index in [1.807, 2.05) is 0 Å². The van der Waals surface area contributed by atoms with E-state index in [-0.39, 0.29) is 11.6 Å². The van der Waals surface area contributed by atoms with Crippen LogP contribution in [0.15, 0.2) is 18.2 Å².